The van der Waals surface area contributed by atoms with Crippen LogP contribution in [0.4, 0.5) is 5.69 Å². The number of piperazine rings is 1. The van der Waals surface area contributed by atoms with Gasteiger partial charge < -0.3 is 25.5 Å². The number of guanidine groups is 1. The van der Waals surface area contributed by atoms with Gasteiger partial charge in [-0.15, -0.1) is 0 Å². The number of carbonyl (C=O) groups is 1. The van der Waals surface area contributed by atoms with Crippen molar-refractivity contribution in [2.75, 3.05) is 44.7 Å². The number of rotatable bonds is 5. The molecule has 1 aliphatic heterocycles. The molecule has 29 heavy (non-hydrogen) atoms. The Hall–Kier alpha value is -3.22. The molecule has 7 nitrogen and oxygen atoms in total. The van der Waals surface area contributed by atoms with Crippen LogP contribution in [-0.2, 0) is 6.54 Å². The van der Waals surface area contributed by atoms with Crippen LogP contribution in [-0.4, -0.2) is 61.6 Å². The van der Waals surface area contributed by atoms with Gasteiger partial charge in [0, 0.05) is 45.3 Å². The first kappa shape index (κ1) is 20.5. The van der Waals surface area contributed by atoms with Gasteiger partial charge in [0.05, 0.1) is 12.2 Å². The maximum atomic E-state index is 11.8. The molecule has 1 fully saturated rings. The van der Waals surface area contributed by atoms with Crippen molar-refractivity contribution >= 4 is 17.6 Å². The van der Waals surface area contributed by atoms with E-state index < -0.39 is 0 Å². The molecule has 1 heterocycles. The second kappa shape index (κ2) is 9.82. The zero-order valence-electron chi connectivity index (χ0n) is 17.1. The Morgan fingerprint density at radius 1 is 1.10 bits per heavy atom. The Morgan fingerprint density at radius 3 is 2.55 bits per heavy atom. The fourth-order valence-corrected chi connectivity index (χ4v) is 3.44. The number of phenols is 1. The average Bonchev–Trinajstić information content (AvgIpc) is 2.77. The lowest BCUT2D eigenvalue weighted by atomic mass is 10.1. The lowest BCUT2D eigenvalue weighted by molar-refractivity contribution is 0.0963. The minimum atomic E-state index is -0.0944. The van der Waals surface area contributed by atoms with Gasteiger partial charge in [0.25, 0.3) is 5.91 Å². The summed E-state index contributed by atoms with van der Waals surface area (Å²) in [5, 5.41) is 16.1. The molecule has 2 aromatic rings. The van der Waals surface area contributed by atoms with Crippen LogP contribution in [0.1, 0.15) is 22.8 Å². The third kappa shape index (κ3) is 5.19. The number of hydrogen-bond acceptors (Lipinski definition) is 4. The van der Waals surface area contributed by atoms with Gasteiger partial charge in [-0.1, -0.05) is 24.3 Å². The summed E-state index contributed by atoms with van der Waals surface area (Å²) < 4.78 is 0. The van der Waals surface area contributed by atoms with E-state index >= 15 is 0 Å². The molecule has 1 amide bonds. The minimum absolute atomic E-state index is 0.0944. The largest absolute Gasteiger partial charge is 0.506 e. The molecular formula is C22H29N5O2. The van der Waals surface area contributed by atoms with E-state index in [2.05, 4.69) is 27.4 Å². The molecule has 3 N–H and O–H groups in total. The van der Waals surface area contributed by atoms with E-state index in [1.54, 1.807) is 19.2 Å². The second-order valence-electron chi connectivity index (χ2n) is 6.91. The van der Waals surface area contributed by atoms with Crippen LogP contribution in [0, 0.1) is 0 Å². The van der Waals surface area contributed by atoms with Crippen LogP contribution in [0.5, 0.6) is 5.75 Å². The van der Waals surface area contributed by atoms with Crippen molar-refractivity contribution in [3.63, 3.8) is 0 Å². The number of para-hydroxylation sites is 2. The van der Waals surface area contributed by atoms with E-state index in [9.17, 15) is 9.90 Å². The van der Waals surface area contributed by atoms with E-state index in [1.807, 2.05) is 36.4 Å². The van der Waals surface area contributed by atoms with E-state index in [4.69, 9.17) is 4.99 Å². The van der Waals surface area contributed by atoms with Gasteiger partial charge >= 0.3 is 0 Å². The zero-order chi connectivity index (χ0) is 20.6. The van der Waals surface area contributed by atoms with Gasteiger partial charge in [-0.3, -0.25) is 4.79 Å². The number of hydrogen-bond donors (Lipinski definition) is 3. The molecule has 0 aliphatic carbocycles. The Morgan fingerprint density at radius 2 is 1.86 bits per heavy atom. The van der Waals surface area contributed by atoms with Crippen LogP contribution >= 0.6 is 0 Å². The van der Waals surface area contributed by atoms with Gasteiger partial charge in [0.1, 0.15) is 5.75 Å². The number of nitrogens with zero attached hydrogens (tertiary/aromatic N) is 3. The average molecular weight is 396 g/mol. The standard InChI is InChI=1S/C22H29N5O2/c1-3-24-22(25-16-17-7-6-8-18(15-17)21(29)23-2)27-13-11-26(12-14-27)19-9-4-5-10-20(19)28/h4-10,15,28H,3,11-14,16H2,1-2H3,(H,23,29)(H,24,25). The third-order valence-corrected chi connectivity index (χ3v) is 4.96. The number of nitrogens with one attached hydrogen (secondary N) is 2. The molecule has 0 atom stereocenters. The van der Waals surface area contributed by atoms with Crippen LogP contribution in [0.25, 0.3) is 0 Å². The first-order valence-electron chi connectivity index (χ1n) is 9.99. The predicted octanol–water partition coefficient (Wildman–Crippen LogP) is 2.04. The lowest BCUT2D eigenvalue weighted by Crippen LogP contribution is -2.52. The number of phenolic OH excluding ortho intramolecular Hbond substituents is 1. The Kier molecular flexibility index (Phi) is 6.94. The molecule has 2 aromatic carbocycles. The molecule has 3 rings (SSSR count). The summed E-state index contributed by atoms with van der Waals surface area (Å²) in [5.74, 6) is 1.09. The summed E-state index contributed by atoms with van der Waals surface area (Å²) in [4.78, 5) is 21.1. The number of carbonyl (C=O) groups excluding carboxylic acids is 1. The quantitative estimate of drug-likeness (QED) is 0.533. The summed E-state index contributed by atoms with van der Waals surface area (Å²) in [5.41, 5.74) is 2.51. The summed E-state index contributed by atoms with van der Waals surface area (Å²) in [6.45, 7) is 6.61. The lowest BCUT2D eigenvalue weighted by Gasteiger charge is -2.37. The highest BCUT2D eigenvalue weighted by atomic mass is 16.3. The van der Waals surface area contributed by atoms with Crippen LogP contribution in [0.2, 0.25) is 0 Å². The first-order chi connectivity index (χ1) is 14.1. The van der Waals surface area contributed by atoms with E-state index in [0.29, 0.717) is 17.9 Å². The molecule has 1 aliphatic rings. The number of anilines is 1. The molecule has 7 heteroatoms. The second-order valence-corrected chi connectivity index (χ2v) is 6.91. The molecule has 0 radical (unpaired) electrons. The Bertz CT molecular complexity index is 860. The van der Waals surface area contributed by atoms with Crippen LogP contribution < -0.4 is 15.5 Å². The summed E-state index contributed by atoms with van der Waals surface area (Å²) in [7, 11) is 1.63. The number of aromatic hydroxyl groups is 1. The number of aliphatic imine (C=N–C) groups is 1. The first-order valence-corrected chi connectivity index (χ1v) is 9.99. The molecule has 0 spiro atoms. The van der Waals surface area contributed by atoms with Gasteiger partial charge in [0.2, 0.25) is 0 Å². The number of amides is 1. The zero-order valence-corrected chi connectivity index (χ0v) is 17.1. The Balaban J connectivity index is 1.66. The SMILES string of the molecule is CCNC(=NCc1cccc(C(=O)NC)c1)N1CCN(c2ccccc2O)CC1. The van der Waals surface area contributed by atoms with E-state index in [0.717, 1.165) is 49.9 Å². The van der Waals surface area contributed by atoms with Gasteiger partial charge in [-0.25, -0.2) is 4.99 Å². The minimum Gasteiger partial charge on any atom is -0.506 e. The third-order valence-electron chi connectivity index (χ3n) is 4.96. The van der Waals surface area contributed by atoms with Crippen LogP contribution in [0.3, 0.4) is 0 Å². The van der Waals surface area contributed by atoms with Crippen molar-refractivity contribution in [2.45, 2.75) is 13.5 Å². The summed E-state index contributed by atoms with van der Waals surface area (Å²) in [6, 6.07) is 15.0. The van der Waals surface area contributed by atoms with Gasteiger partial charge in [-0.05, 0) is 36.8 Å². The molecule has 0 saturated carbocycles. The van der Waals surface area contributed by atoms with Crippen LogP contribution in [0.15, 0.2) is 53.5 Å². The predicted molar refractivity (Wildman–Crippen MR) is 117 cm³/mol. The molecule has 154 valence electrons. The maximum absolute atomic E-state index is 11.8. The summed E-state index contributed by atoms with van der Waals surface area (Å²) in [6.07, 6.45) is 0. The maximum Gasteiger partial charge on any atom is 0.251 e. The highest BCUT2D eigenvalue weighted by Gasteiger charge is 2.21. The molecular weight excluding hydrogens is 366 g/mol. The number of benzene rings is 2. The molecule has 1 saturated heterocycles. The Labute approximate surface area is 172 Å². The van der Waals surface area contributed by atoms with Crippen molar-refractivity contribution in [1.82, 2.24) is 15.5 Å². The smallest absolute Gasteiger partial charge is 0.251 e. The van der Waals surface area contributed by atoms with Crippen molar-refractivity contribution in [1.29, 1.82) is 0 Å². The molecule has 0 bridgehead atoms. The van der Waals surface area contributed by atoms with E-state index in [-0.39, 0.29) is 5.91 Å². The highest BCUT2D eigenvalue weighted by Crippen LogP contribution is 2.27. The normalized spacial score (nSPS) is 14.6. The van der Waals surface area contributed by atoms with Crippen molar-refractivity contribution in [3.8, 4) is 5.75 Å². The van der Waals surface area contributed by atoms with E-state index in [1.165, 1.54) is 0 Å². The fourth-order valence-electron chi connectivity index (χ4n) is 3.44. The topological polar surface area (TPSA) is 80.2 Å². The fraction of sp³-hybridized carbons (Fsp3) is 0.364. The molecule has 0 unspecified atom stereocenters. The van der Waals surface area contributed by atoms with Crippen molar-refractivity contribution in [3.05, 3.63) is 59.7 Å². The summed E-state index contributed by atoms with van der Waals surface area (Å²) >= 11 is 0. The molecule has 0 aromatic heterocycles. The van der Waals surface area contributed by atoms with Gasteiger partial charge in [-0.2, -0.15) is 0 Å². The highest BCUT2D eigenvalue weighted by molar-refractivity contribution is 5.94. The van der Waals surface area contributed by atoms with Gasteiger partial charge in [0.15, 0.2) is 5.96 Å². The monoisotopic (exact) mass is 395 g/mol. The van der Waals surface area contributed by atoms with Crippen molar-refractivity contribution < 1.29 is 9.90 Å². The van der Waals surface area contributed by atoms with Crippen molar-refractivity contribution in [2.24, 2.45) is 4.99 Å².